The van der Waals surface area contributed by atoms with E-state index in [-0.39, 0.29) is 12.5 Å². The molecule has 31 heavy (non-hydrogen) atoms. The van der Waals surface area contributed by atoms with Crippen molar-refractivity contribution in [2.45, 2.75) is 20.4 Å². The molecule has 3 aromatic carbocycles. The Hall–Kier alpha value is -2.89. The van der Waals surface area contributed by atoms with Crippen LogP contribution in [0.1, 0.15) is 16.7 Å². The maximum Gasteiger partial charge on any atom is 0.262 e. The van der Waals surface area contributed by atoms with Crippen LogP contribution >= 0.6 is 23.2 Å². The fourth-order valence-electron chi connectivity index (χ4n) is 2.91. The van der Waals surface area contributed by atoms with Crippen molar-refractivity contribution in [3.63, 3.8) is 0 Å². The molecule has 0 aliphatic rings. The number of nitrogens with one attached hydrogen (secondary N) is 2. The first-order valence-electron chi connectivity index (χ1n) is 9.71. The van der Waals surface area contributed by atoms with Gasteiger partial charge in [-0.1, -0.05) is 41.4 Å². The molecule has 0 saturated heterocycles. The summed E-state index contributed by atoms with van der Waals surface area (Å²) in [6.45, 7) is 4.30. The zero-order valence-electron chi connectivity index (χ0n) is 17.6. The van der Waals surface area contributed by atoms with E-state index >= 15 is 0 Å². The second-order valence-corrected chi connectivity index (χ2v) is 7.94. The van der Waals surface area contributed by atoms with Crippen molar-refractivity contribution in [3.8, 4) is 11.5 Å². The molecule has 2 N–H and O–H groups in total. The molecule has 1 amide bonds. The Morgan fingerprint density at radius 1 is 0.935 bits per heavy atom. The van der Waals surface area contributed by atoms with Crippen LogP contribution in [0.3, 0.4) is 0 Å². The SMILES string of the molecule is COc1cc(CNc2ccc(C)c(Cl)c2)ccc1OCC(=O)Nc1cc(Cl)ccc1C. The molecule has 162 valence electrons. The Bertz CT molecular complexity index is 1090. The summed E-state index contributed by atoms with van der Waals surface area (Å²) in [4.78, 5) is 12.3. The van der Waals surface area contributed by atoms with Gasteiger partial charge in [-0.15, -0.1) is 0 Å². The van der Waals surface area contributed by atoms with E-state index in [9.17, 15) is 4.79 Å². The Morgan fingerprint density at radius 2 is 1.71 bits per heavy atom. The zero-order valence-corrected chi connectivity index (χ0v) is 19.1. The molecule has 0 heterocycles. The maximum atomic E-state index is 12.3. The van der Waals surface area contributed by atoms with Crippen LogP contribution in [0.25, 0.3) is 0 Å². The zero-order chi connectivity index (χ0) is 22.4. The number of benzene rings is 3. The molecule has 5 nitrogen and oxygen atoms in total. The second-order valence-electron chi connectivity index (χ2n) is 7.10. The number of carbonyl (C=O) groups is 1. The lowest BCUT2D eigenvalue weighted by atomic mass is 10.2. The molecule has 0 fully saturated rings. The molecule has 3 aromatic rings. The van der Waals surface area contributed by atoms with Crippen molar-refractivity contribution in [1.29, 1.82) is 0 Å². The molecule has 0 unspecified atom stereocenters. The number of hydrogen-bond acceptors (Lipinski definition) is 4. The van der Waals surface area contributed by atoms with Crippen molar-refractivity contribution in [2.24, 2.45) is 0 Å². The summed E-state index contributed by atoms with van der Waals surface area (Å²) < 4.78 is 11.1. The normalized spacial score (nSPS) is 10.5. The smallest absolute Gasteiger partial charge is 0.262 e. The molecule has 0 spiro atoms. The molecule has 0 aliphatic heterocycles. The van der Waals surface area contributed by atoms with Gasteiger partial charge in [-0.05, 0) is 66.9 Å². The summed E-state index contributed by atoms with van der Waals surface area (Å²) in [5, 5.41) is 7.41. The third-order valence-corrected chi connectivity index (χ3v) is 5.37. The van der Waals surface area contributed by atoms with Crippen LogP contribution in [0.5, 0.6) is 11.5 Å². The van der Waals surface area contributed by atoms with E-state index in [1.165, 1.54) is 0 Å². The highest BCUT2D eigenvalue weighted by atomic mass is 35.5. The summed E-state index contributed by atoms with van der Waals surface area (Å²) in [6, 6.07) is 16.8. The van der Waals surface area contributed by atoms with Crippen molar-refractivity contribution in [2.75, 3.05) is 24.4 Å². The van der Waals surface area contributed by atoms with Crippen molar-refractivity contribution in [3.05, 3.63) is 81.3 Å². The van der Waals surface area contributed by atoms with Gasteiger partial charge in [-0.25, -0.2) is 0 Å². The highest BCUT2D eigenvalue weighted by Crippen LogP contribution is 2.29. The maximum absolute atomic E-state index is 12.3. The number of ether oxygens (including phenoxy) is 2. The highest BCUT2D eigenvalue weighted by molar-refractivity contribution is 6.31. The van der Waals surface area contributed by atoms with Crippen molar-refractivity contribution in [1.82, 2.24) is 0 Å². The largest absolute Gasteiger partial charge is 0.493 e. The van der Waals surface area contributed by atoms with Gasteiger partial charge in [-0.2, -0.15) is 0 Å². The van der Waals surface area contributed by atoms with E-state index in [0.717, 1.165) is 27.4 Å². The number of carbonyl (C=O) groups excluding carboxylic acids is 1. The first kappa shape index (κ1) is 22.8. The minimum Gasteiger partial charge on any atom is -0.493 e. The Kier molecular flexibility index (Phi) is 7.66. The van der Waals surface area contributed by atoms with Gasteiger partial charge >= 0.3 is 0 Å². The summed E-state index contributed by atoms with van der Waals surface area (Å²) in [6.07, 6.45) is 0. The number of rotatable bonds is 8. The van der Waals surface area contributed by atoms with Crippen LogP contribution in [0.4, 0.5) is 11.4 Å². The molecule has 0 saturated carbocycles. The third kappa shape index (κ3) is 6.29. The number of aryl methyl sites for hydroxylation is 2. The molecule has 0 bridgehead atoms. The summed E-state index contributed by atoms with van der Waals surface area (Å²) in [7, 11) is 1.56. The minimum absolute atomic E-state index is 0.151. The molecule has 0 radical (unpaired) electrons. The van der Waals surface area contributed by atoms with Gasteiger partial charge in [0.2, 0.25) is 0 Å². The Balaban J connectivity index is 1.59. The minimum atomic E-state index is -0.283. The lowest BCUT2D eigenvalue weighted by Crippen LogP contribution is -2.20. The average molecular weight is 459 g/mol. The predicted octanol–water partition coefficient (Wildman–Crippen LogP) is 6.25. The summed E-state index contributed by atoms with van der Waals surface area (Å²) in [5.74, 6) is 0.755. The number of amides is 1. The van der Waals surface area contributed by atoms with Crippen molar-refractivity contribution < 1.29 is 14.3 Å². The van der Waals surface area contributed by atoms with Gasteiger partial charge in [0.15, 0.2) is 18.1 Å². The van der Waals surface area contributed by atoms with E-state index in [4.69, 9.17) is 32.7 Å². The van der Waals surface area contributed by atoms with E-state index in [2.05, 4.69) is 10.6 Å². The van der Waals surface area contributed by atoms with Crippen LogP contribution in [-0.2, 0) is 11.3 Å². The van der Waals surface area contributed by atoms with E-state index < -0.39 is 0 Å². The Labute approximate surface area is 192 Å². The van der Waals surface area contributed by atoms with Gasteiger partial charge in [0, 0.05) is 28.0 Å². The van der Waals surface area contributed by atoms with Crippen LogP contribution in [0.15, 0.2) is 54.6 Å². The fourth-order valence-corrected chi connectivity index (χ4v) is 3.26. The van der Waals surface area contributed by atoms with Gasteiger partial charge in [0.25, 0.3) is 5.91 Å². The molecular weight excluding hydrogens is 435 g/mol. The van der Waals surface area contributed by atoms with Gasteiger partial charge < -0.3 is 20.1 Å². The lowest BCUT2D eigenvalue weighted by molar-refractivity contribution is -0.118. The van der Waals surface area contributed by atoms with Crippen LogP contribution in [-0.4, -0.2) is 19.6 Å². The molecule has 3 rings (SSSR count). The predicted molar refractivity (Wildman–Crippen MR) is 127 cm³/mol. The first-order valence-corrected chi connectivity index (χ1v) is 10.5. The first-order chi connectivity index (χ1) is 14.9. The Morgan fingerprint density at radius 3 is 2.45 bits per heavy atom. The monoisotopic (exact) mass is 458 g/mol. The molecule has 7 heteroatoms. The van der Waals surface area contributed by atoms with E-state index in [1.54, 1.807) is 25.3 Å². The van der Waals surface area contributed by atoms with E-state index in [0.29, 0.717) is 28.8 Å². The summed E-state index contributed by atoms with van der Waals surface area (Å²) in [5.41, 5.74) is 4.54. The van der Waals surface area contributed by atoms with Crippen LogP contribution in [0, 0.1) is 13.8 Å². The number of anilines is 2. The quantitative estimate of drug-likeness (QED) is 0.418. The van der Waals surface area contributed by atoms with Crippen molar-refractivity contribution >= 4 is 40.5 Å². The van der Waals surface area contributed by atoms with Gasteiger partial charge in [0.1, 0.15) is 0 Å². The lowest BCUT2D eigenvalue weighted by Gasteiger charge is -2.14. The molecular formula is C24H24Cl2N2O3. The third-order valence-electron chi connectivity index (χ3n) is 4.73. The van der Waals surface area contributed by atoms with Gasteiger partial charge in [-0.3, -0.25) is 4.79 Å². The molecule has 0 aliphatic carbocycles. The molecule has 0 aromatic heterocycles. The number of methoxy groups -OCH3 is 1. The van der Waals surface area contributed by atoms with Gasteiger partial charge in [0.05, 0.1) is 7.11 Å². The van der Waals surface area contributed by atoms with Crippen LogP contribution in [0.2, 0.25) is 10.0 Å². The summed E-state index contributed by atoms with van der Waals surface area (Å²) >= 11 is 12.2. The number of hydrogen-bond donors (Lipinski definition) is 2. The standard InChI is InChI=1S/C24H24Cl2N2O3/c1-15-5-8-19(12-20(15)26)27-13-17-6-9-22(23(10-17)30-3)31-14-24(29)28-21-11-18(25)7-4-16(21)2/h4-12,27H,13-14H2,1-3H3,(H,28,29). The van der Waals surface area contributed by atoms with E-state index in [1.807, 2.05) is 50.2 Å². The second kappa shape index (κ2) is 10.4. The fraction of sp³-hybridized carbons (Fsp3) is 0.208. The highest BCUT2D eigenvalue weighted by Gasteiger charge is 2.10. The van der Waals surface area contributed by atoms with Crippen LogP contribution < -0.4 is 20.1 Å². The topological polar surface area (TPSA) is 59.6 Å². The number of halogens is 2. The molecule has 0 atom stereocenters. The average Bonchev–Trinajstić information content (AvgIpc) is 2.76.